The van der Waals surface area contributed by atoms with E-state index >= 15 is 0 Å². The number of nitrogens with one attached hydrogen (secondary N) is 1. The maximum Gasteiger partial charge on any atom is 0.165 e. The van der Waals surface area contributed by atoms with Crippen molar-refractivity contribution >= 4 is 10.9 Å². The van der Waals surface area contributed by atoms with Crippen molar-refractivity contribution in [2.45, 2.75) is 26.8 Å². The lowest BCUT2D eigenvalue weighted by atomic mass is 10.1. The topological polar surface area (TPSA) is 26.2 Å². The van der Waals surface area contributed by atoms with E-state index in [1.165, 1.54) is 17.2 Å². The number of nitrogens with zero attached hydrogens (tertiary/aromatic N) is 1. The van der Waals surface area contributed by atoms with E-state index in [1.807, 2.05) is 24.6 Å². The first kappa shape index (κ1) is 17.5. The lowest BCUT2D eigenvalue weighted by Crippen LogP contribution is -2.16. The molecular weight excluding hydrogens is 315 g/mol. The van der Waals surface area contributed by atoms with E-state index in [1.54, 1.807) is 0 Å². The van der Waals surface area contributed by atoms with Crippen LogP contribution in [-0.2, 0) is 20.0 Å². The van der Waals surface area contributed by atoms with E-state index in [0.29, 0.717) is 12.4 Å². The fourth-order valence-corrected chi connectivity index (χ4v) is 3.27. The molecule has 0 fully saturated rings. The number of aryl methyl sites for hydroxylation is 2. The molecule has 0 unspecified atom stereocenters. The number of ether oxygens (including phenoxy) is 1. The Labute approximate surface area is 148 Å². The van der Waals surface area contributed by atoms with Crippen LogP contribution in [0.2, 0.25) is 0 Å². The van der Waals surface area contributed by atoms with Gasteiger partial charge in [0.1, 0.15) is 0 Å². The van der Waals surface area contributed by atoms with E-state index in [2.05, 4.69) is 42.7 Å². The molecule has 0 bridgehead atoms. The average Bonchev–Trinajstić information content (AvgIpc) is 2.90. The molecule has 0 aliphatic carbocycles. The van der Waals surface area contributed by atoms with Crippen molar-refractivity contribution in [3.05, 3.63) is 65.1 Å². The maximum absolute atomic E-state index is 14.2. The third-order valence-corrected chi connectivity index (χ3v) is 4.41. The van der Waals surface area contributed by atoms with Gasteiger partial charge in [-0.2, -0.15) is 0 Å². The molecule has 0 radical (unpaired) electrons. The first-order valence-electron chi connectivity index (χ1n) is 8.75. The minimum absolute atomic E-state index is 0.297. The molecule has 3 aromatic rings. The van der Waals surface area contributed by atoms with Crippen LogP contribution in [0.5, 0.6) is 5.75 Å². The largest absolute Gasteiger partial charge is 0.490 e. The molecule has 0 saturated carbocycles. The molecule has 1 aromatic heterocycles. The Morgan fingerprint density at radius 3 is 2.80 bits per heavy atom. The van der Waals surface area contributed by atoms with Gasteiger partial charge in [-0.3, -0.25) is 0 Å². The van der Waals surface area contributed by atoms with Gasteiger partial charge in [-0.15, -0.1) is 0 Å². The molecule has 132 valence electrons. The molecular formula is C21H25FN2O. The number of hydrogen-bond donors (Lipinski definition) is 1. The number of hydrogen-bond acceptors (Lipinski definition) is 2. The smallest absolute Gasteiger partial charge is 0.165 e. The van der Waals surface area contributed by atoms with Gasteiger partial charge < -0.3 is 14.6 Å². The monoisotopic (exact) mass is 340 g/mol. The van der Waals surface area contributed by atoms with Gasteiger partial charge in [0, 0.05) is 25.2 Å². The first-order chi connectivity index (χ1) is 12.1. The zero-order valence-electron chi connectivity index (χ0n) is 15.1. The van der Waals surface area contributed by atoms with Gasteiger partial charge in [-0.05, 0) is 50.1 Å². The van der Waals surface area contributed by atoms with Crippen molar-refractivity contribution in [3.63, 3.8) is 0 Å². The van der Waals surface area contributed by atoms with Crippen LogP contribution in [0.25, 0.3) is 10.9 Å². The first-order valence-corrected chi connectivity index (χ1v) is 8.75. The van der Waals surface area contributed by atoms with Crippen molar-refractivity contribution in [1.82, 2.24) is 9.88 Å². The molecule has 2 aromatic carbocycles. The minimum Gasteiger partial charge on any atom is -0.490 e. The summed E-state index contributed by atoms with van der Waals surface area (Å²) in [6.07, 6.45) is 2.90. The van der Waals surface area contributed by atoms with Crippen molar-refractivity contribution in [2.24, 2.45) is 7.05 Å². The molecule has 1 N–H and O–H groups in total. The second kappa shape index (κ2) is 7.70. The summed E-state index contributed by atoms with van der Waals surface area (Å²) >= 11 is 0. The highest BCUT2D eigenvalue weighted by molar-refractivity contribution is 5.90. The Bertz CT molecular complexity index is 870. The lowest BCUT2D eigenvalue weighted by Gasteiger charge is -2.09. The summed E-state index contributed by atoms with van der Waals surface area (Å²) in [7, 11) is 1.99. The predicted molar refractivity (Wildman–Crippen MR) is 101 cm³/mol. The van der Waals surface area contributed by atoms with Crippen LogP contribution in [0, 0.1) is 12.7 Å². The van der Waals surface area contributed by atoms with E-state index in [-0.39, 0.29) is 5.82 Å². The fraction of sp³-hybridized carbons (Fsp3) is 0.333. The summed E-state index contributed by atoms with van der Waals surface area (Å²) in [4.78, 5) is 0. The average molecular weight is 340 g/mol. The summed E-state index contributed by atoms with van der Waals surface area (Å²) in [5, 5.41) is 4.36. The molecule has 3 nitrogen and oxygen atoms in total. The van der Waals surface area contributed by atoms with E-state index in [0.717, 1.165) is 36.0 Å². The van der Waals surface area contributed by atoms with Gasteiger partial charge in [0.05, 0.1) is 12.1 Å². The Hall–Kier alpha value is -2.33. The van der Waals surface area contributed by atoms with E-state index in [9.17, 15) is 4.39 Å². The molecule has 3 rings (SSSR count). The Kier molecular flexibility index (Phi) is 5.39. The summed E-state index contributed by atoms with van der Waals surface area (Å²) in [5.41, 5.74) is 4.65. The highest BCUT2D eigenvalue weighted by Gasteiger charge is 2.15. The summed E-state index contributed by atoms with van der Waals surface area (Å²) < 4.78 is 21.8. The normalized spacial score (nSPS) is 11.2. The second-order valence-corrected chi connectivity index (χ2v) is 6.38. The molecule has 0 atom stereocenters. The second-order valence-electron chi connectivity index (χ2n) is 6.38. The van der Waals surface area contributed by atoms with Crippen LogP contribution >= 0.6 is 0 Å². The van der Waals surface area contributed by atoms with Gasteiger partial charge in [-0.1, -0.05) is 29.8 Å². The molecule has 0 aliphatic heterocycles. The quantitative estimate of drug-likeness (QED) is 0.647. The van der Waals surface area contributed by atoms with Gasteiger partial charge in [0.25, 0.3) is 0 Å². The van der Waals surface area contributed by atoms with Gasteiger partial charge >= 0.3 is 0 Å². The molecule has 4 heteroatoms. The van der Waals surface area contributed by atoms with E-state index < -0.39 is 0 Å². The number of benzene rings is 2. The predicted octanol–water partition coefficient (Wildman–Crippen LogP) is 4.36. The molecule has 0 spiro atoms. The molecule has 25 heavy (non-hydrogen) atoms. The Morgan fingerprint density at radius 2 is 2.04 bits per heavy atom. The molecule has 0 amide bonds. The molecule has 1 heterocycles. The standard InChI is InChI=1S/C21H25FN2O/c1-4-25-21-18(22)8-9-19-20(21)17(14-24(19)3)10-11-23-13-16-7-5-6-15(2)12-16/h5-9,12,14,23H,4,10-11,13H2,1-3H3. The zero-order valence-corrected chi connectivity index (χ0v) is 15.1. The van der Waals surface area contributed by atoms with Crippen LogP contribution in [0.4, 0.5) is 4.39 Å². The van der Waals surface area contributed by atoms with E-state index in [4.69, 9.17) is 4.74 Å². The number of halogens is 1. The van der Waals surface area contributed by atoms with Crippen molar-refractivity contribution < 1.29 is 9.13 Å². The Balaban J connectivity index is 1.74. The molecule has 0 aliphatic rings. The van der Waals surface area contributed by atoms with Crippen molar-refractivity contribution in [1.29, 1.82) is 0 Å². The van der Waals surface area contributed by atoms with Crippen LogP contribution in [-0.4, -0.2) is 17.7 Å². The highest BCUT2D eigenvalue weighted by atomic mass is 19.1. The lowest BCUT2D eigenvalue weighted by molar-refractivity contribution is 0.326. The molecule has 0 saturated heterocycles. The van der Waals surface area contributed by atoms with Crippen LogP contribution in [0.3, 0.4) is 0 Å². The van der Waals surface area contributed by atoms with Gasteiger partial charge in [-0.25, -0.2) is 4.39 Å². The van der Waals surface area contributed by atoms with Crippen LogP contribution in [0.15, 0.2) is 42.6 Å². The third kappa shape index (κ3) is 3.85. The fourth-order valence-electron chi connectivity index (χ4n) is 3.27. The number of aromatic nitrogens is 1. The number of fused-ring (bicyclic) bond motifs is 1. The van der Waals surface area contributed by atoms with Gasteiger partial charge in [0.15, 0.2) is 11.6 Å². The highest BCUT2D eigenvalue weighted by Crippen LogP contribution is 2.33. The number of rotatable bonds is 7. The van der Waals surface area contributed by atoms with Crippen molar-refractivity contribution in [3.8, 4) is 5.75 Å². The zero-order chi connectivity index (χ0) is 17.8. The Morgan fingerprint density at radius 1 is 1.20 bits per heavy atom. The summed E-state index contributed by atoms with van der Waals surface area (Å²) in [6.45, 7) is 6.10. The van der Waals surface area contributed by atoms with Crippen LogP contribution < -0.4 is 10.1 Å². The van der Waals surface area contributed by atoms with Gasteiger partial charge in [0.2, 0.25) is 0 Å². The van der Waals surface area contributed by atoms with Crippen molar-refractivity contribution in [2.75, 3.05) is 13.2 Å². The van der Waals surface area contributed by atoms with Crippen LogP contribution in [0.1, 0.15) is 23.6 Å². The summed E-state index contributed by atoms with van der Waals surface area (Å²) in [5.74, 6) is 0.0730. The minimum atomic E-state index is -0.297. The third-order valence-electron chi connectivity index (χ3n) is 4.41. The maximum atomic E-state index is 14.2. The summed E-state index contributed by atoms with van der Waals surface area (Å²) in [6, 6.07) is 11.8. The SMILES string of the molecule is CCOc1c(F)ccc2c1c(CCNCc1cccc(C)c1)cn2C.